The number of hydrogen-bond donors (Lipinski definition) is 0. The minimum absolute atomic E-state index is 0.628. The SMILES string of the molecule is COC/C=C/C=C(\C)Cc1cc(OC)c(Cl)c(N(C)C)c1. The lowest BCUT2D eigenvalue weighted by Gasteiger charge is -2.18. The predicted molar refractivity (Wildman–Crippen MR) is 90.8 cm³/mol. The van der Waals surface area contributed by atoms with Gasteiger partial charge in [-0.05, 0) is 31.0 Å². The highest BCUT2D eigenvalue weighted by Crippen LogP contribution is 2.35. The van der Waals surface area contributed by atoms with Gasteiger partial charge in [0.15, 0.2) is 0 Å². The van der Waals surface area contributed by atoms with Crippen molar-refractivity contribution in [3.63, 3.8) is 0 Å². The summed E-state index contributed by atoms with van der Waals surface area (Å²) in [5, 5.41) is 0.646. The number of ether oxygens (including phenoxy) is 2. The van der Waals surface area contributed by atoms with Crippen LogP contribution >= 0.6 is 11.6 Å². The molecule has 116 valence electrons. The standard InChI is InChI=1S/C17H24ClNO2/c1-13(8-6-7-9-20-4)10-14-11-15(19(2)3)17(18)16(12-14)21-5/h6-8,11-12H,9-10H2,1-5H3/b7-6+,13-8+. The van der Waals surface area contributed by atoms with E-state index < -0.39 is 0 Å². The summed E-state index contributed by atoms with van der Waals surface area (Å²) >= 11 is 6.32. The first-order valence-corrected chi connectivity index (χ1v) is 7.22. The molecule has 0 fully saturated rings. The van der Waals surface area contributed by atoms with E-state index in [1.54, 1.807) is 14.2 Å². The van der Waals surface area contributed by atoms with Gasteiger partial charge in [0.25, 0.3) is 0 Å². The maximum Gasteiger partial charge on any atom is 0.139 e. The molecular formula is C17H24ClNO2. The number of halogens is 1. The van der Waals surface area contributed by atoms with E-state index in [0.717, 1.165) is 12.1 Å². The minimum atomic E-state index is 0.628. The quantitative estimate of drug-likeness (QED) is 0.708. The topological polar surface area (TPSA) is 21.7 Å². The molecule has 0 unspecified atom stereocenters. The van der Waals surface area contributed by atoms with Gasteiger partial charge in [0.2, 0.25) is 0 Å². The molecule has 0 bridgehead atoms. The monoisotopic (exact) mass is 309 g/mol. The lowest BCUT2D eigenvalue weighted by Crippen LogP contribution is -2.10. The lowest BCUT2D eigenvalue weighted by atomic mass is 10.0. The van der Waals surface area contributed by atoms with Crippen LogP contribution in [0.15, 0.2) is 35.9 Å². The number of methoxy groups -OCH3 is 2. The van der Waals surface area contributed by atoms with Crippen molar-refractivity contribution in [1.82, 2.24) is 0 Å². The van der Waals surface area contributed by atoms with Gasteiger partial charge < -0.3 is 14.4 Å². The van der Waals surface area contributed by atoms with Crippen LogP contribution in [0.1, 0.15) is 12.5 Å². The fourth-order valence-corrected chi connectivity index (χ4v) is 2.33. The molecule has 0 aliphatic heterocycles. The van der Waals surface area contributed by atoms with Crippen LogP contribution in [0, 0.1) is 0 Å². The third kappa shape index (κ3) is 5.44. The van der Waals surface area contributed by atoms with Crippen LogP contribution in [0.5, 0.6) is 5.75 Å². The Bertz CT molecular complexity index is 522. The van der Waals surface area contributed by atoms with Gasteiger partial charge in [-0.1, -0.05) is 35.4 Å². The molecule has 0 heterocycles. The number of rotatable bonds is 7. The van der Waals surface area contributed by atoms with Crippen molar-refractivity contribution in [3.05, 3.63) is 46.5 Å². The van der Waals surface area contributed by atoms with Crippen molar-refractivity contribution in [1.29, 1.82) is 0 Å². The molecule has 21 heavy (non-hydrogen) atoms. The van der Waals surface area contributed by atoms with Crippen molar-refractivity contribution in [2.45, 2.75) is 13.3 Å². The molecule has 3 nitrogen and oxygen atoms in total. The van der Waals surface area contributed by atoms with E-state index in [1.807, 2.05) is 37.2 Å². The molecular weight excluding hydrogens is 286 g/mol. The highest BCUT2D eigenvalue weighted by Gasteiger charge is 2.11. The highest BCUT2D eigenvalue weighted by atomic mass is 35.5. The molecule has 0 aliphatic rings. The van der Waals surface area contributed by atoms with Crippen molar-refractivity contribution < 1.29 is 9.47 Å². The molecule has 4 heteroatoms. The Balaban J connectivity index is 2.95. The van der Waals surface area contributed by atoms with Gasteiger partial charge in [-0.2, -0.15) is 0 Å². The number of allylic oxidation sites excluding steroid dienone is 3. The smallest absolute Gasteiger partial charge is 0.139 e. The van der Waals surface area contributed by atoms with Crippen molar-refractivity contribution in [3.8, 4) is 5.75 Å². The summed E-state index contributed by atoms with van der Waals surface area (Å²) < 4.78 is 10.3. The minimum Gasteiger partial charge on any atom is -0.495 e. The zero-order valence-electron chi connectivity index (χ0n) is 13.4. The molecule has 0 aliphatic carbocycles. The molecule has 0 atom stereocenters. The molecule has 1 aromatic rings. The fourth-order valence-electron chi connectivity index (χ4n) is 1.98. The largest absolute Gasteiger partial charge is 0.495 e. The Morgan fingerprint density at radius 1 is 1.29 bits per heavy atom. The van der Waals surface area contributed by atoms with Gasteiger partial charge in [-0.15, -0.1) is 0 Å². The number of hydrogen-bond acceptors (Lipinski definition) is 3. The van der Waals surface area contributed by atoms with Crippen LogP contribution in [0.25, 0.3) is 0 Å². The number of benzene rings is 1. The Hall–Kier alpha value is -1.45. The van der Waals surface area contributed by atoms with E-state index in [-0.39, 0.29) is 0 Å². The van der Waals surface area contributed by atoms with Crippen molar-refractivity contribution in [2.24, 2.45) is 0 Å². The van der Waals surface area contributed by atoms with Crippen molar-refractivity contribution in [2.75, 3.05) is 39.8 Å². The lowest BCUT2D eigenvalue weighted by molar-refractivity contribution is 0.234. The summed E-state index contributed by atoms with van der Waals surface area (Å²) in [6.45, 7) is 2.73. The normalized spacial score (nSPS) is 12.0. The molecule has 1 aromatic carbocycles. The fraction of sp³-hybridized carbons (Fsp3) is 0.412. The third-order valence-electron chi connectivity index (χ3n) is 3.04. The second-order valence-corrected chi connectivity index (χ2v) is 5.48. The molecule has 0 radical (unpaired) electrons. The second kappa shape index (κ2) is 8.75. The first-order chi connectivity index (χ1) is 9.99. The van der Waals surface area contributed by atoms with Gasteiger partial charge in [-0.3, -0.25) is 0 Å². The predicted octanol–water partition coefficient (Wildman–Crippen LogP) is 4.11. The van der Waals surface area contributed by atoms with Gasteiger partial charge >= 0.3 is 0 Å². The molecule has 0 amide bonds. The highest BCUT2D eigenvalue weighted by molar-refractivity contribution is 6.34. The van der Waals surface area contributed by atoms with Crippen LogP contribution in [0.2, 0.25) is 5.02 Å². The van der Waals surface area contributed by atoms with Gasteiger partial charge in [0, 0.05) is 21.2 Å². The summed E-state index contributed by atoms with van der Waals surface area (Å²) in [7, 11) is 7.27. The zero-order chi connectivity index (χ0) is 15.8. The van der Waals surface area contributed by atoms with Crippen LogP contribution in [-0.2, 0) is 11.2 Å². The summed E-state index contributed by atoms with van der Waals surface area (Å²) in [6.07, 6.45) is 6.94. The molecule has 0 saturated heterocycles. The van der Waals surface area contributed by atoms with E-state index >= 15 is 0 Å². The van der Waals surface area contributed by atoms with Crippen molar-refractivity contribution >= 4 is 17.3 Å². The first-order valence-electron chi connectivity index (χ1n) is 6.84. The maximum atomic E-state index is 6.32. The molecule has 1 rings (SSSR count). The zero-order valence-corrected chi connectivity index (χ0v) is 14.2. The van der Waals surface area contributed by atoms with Crippen LogP contribution in [0.4, 0.5) is 5.69 Å². The molecule has 0 aromatic heterocycles. The van der Waals surface area contributed by atoms with E-state index in [2.05, 4.69) is 19.1 Å². The summed E-state index contributed by atoms with van der Waals surface area (Å²) in [5.74, 6) is 0.709. The number of anilines is 1. The van der Waals surface area contributed by atoms with Crippen LogP contribution < -0.4 is 9.64 Å². The summed E-state index contributed by atoms with van der Waals surface area (Å²) in [5.41, 5.74) is 3.40. The number of nitrogens with zero attached hydrogens (tertiary/aromatic N) is 1. The molecule has 0 saturated carbocycles. The van der Waals surface area contributed by atoms with Crippen LogP contribution in [-0.4, -0.2) is 34.9 Å². The average molecular weight is 310 g/mol. The summed E-state index contributed by atoms with van der Waals surface area (Å²) in [4.78, 5) is 1.99. The Morgan fingerprint density at radius 3 is 2.57 bits per heavy atom. The van der Waals surface area contributed by atoms with Gasteiger partial charge in [0.1, 0.15) is 10.8 Å². The first kappa shape index (κ1) is 17.6. The molecule has 0 N–H and O–H groups in total. The average Bonchev–Trinajstić information content (AvgIpc) is 2.45. The van der Waals surface area contributed by atoms with E-state index in [1.165, 1.54) is 11.1 Å². The van der Waals surface area contributed by atoms with Gasteiger partial charge in [-0.25, -0.2) is 0 Å². The van der Waals surface area contributed by atoms with Gasteiger partial charge in [0.05, 0.1) is 19.4 Å². The summed E-state index contributed by atoms with van der Waals surface area (Å²) in [6, 6.07) is 4.09. The molecule has 0 spiro atoms. The Labute approximate surface area is 132 Å². The Morgan fingerprint density at radius 2 is 2.00 bits per heavy atom. The third-order valence-corrected chi connectivity index (χ3v) is 3.42. The Kier molecular flexibility index (Phi) is 7.34. The van der Waals surface area contributed by atoms with E-state index in [0.29, 0.717) is 17.4 Å². The van der Waals surface area contributed by atoms with Crippen LogP contribution in [0.3, 0.4) is 0 Å². The van der Waals surface area contributed by atoms with E-state index in [9.17, 15) is 0 Å². The maximum absolute atomic E-state index is 6.32. The van der Waals surface area contributed by atoms with E-state index in [4.69, 9.17) is 21.1 Å². The second-order valence-electron chi connectivity index (χ2n) is 5.10.